The highest BCUT2D eigenvalue weighted by Gasteiger charge is 2.38. The fourth-order valence-corrected chi connectivity index (χ4v) is 3.16. The first-order chi connectivity index (χ1) is 11.3. The van der Waals surface area contributed by atoms with E-state index < -0.39 is 0 Å². The molecule has 0 saturated heterocycles. The van der Waals surface area contributed by atoms with Gasteiger partial charge in [0.15, 0.2) is 0 Å². The zero-order valence-electron chi connectivity index (χ0n) is 12.4. The standard InChI is InChI=1S/C20H15NO2/c22-16-12-10-14(11-13-16)19-17-8-4-5-9-18(17)20(23)21(19)15-6-2-1-3-7-15/h1-13,19,22H. The Bertz CT molecular complexity index is 856. The predicted molar refractivity (Wildman–Crippen MR) is 89.6 cm³/mol. The minimum absolute atomic E-state index is 0.00451. The van der Waals surface area contributed by atoms with E-state index in [0.717, 1.165) is 22.4 Å². The van der Waals surface area contributed by atoms with Crippen molar-refractivity contribution >= 4 is 11.6 Å². The number of hydrogen-bond donors (Lipinski definition) is 1. The lowest BCUT2D eigenvalue weighted by atomic mass is 9.97. The molecule has 1 aliphatic rings. The van der Waals surface area contributed by atoms with E-state index in [2.05, 4.69) is 0 Å². The van der Waals surface area contributed by atoms with Gasteiger partial charge in [-0.15, -0.1) is 0 Å². The van der Waals surface area contributed by atoms with Gasteiger partial charge >= 0.3 is 0 Å². The van der Waals surface area contributed by atoms with E-state index in [0.29, 0.717) is 0 Å². The lowest BCUT2D eigenvalue weighted by molar-refractivity contribution is 0.0993. The number of fused-ring (bicyclic) bond motifs is 1. The number of carbonyl (C=O) groups excluding carboxylic acids is 1. The average Bonchev–Trinajstić information content (AvgIpc) is 2.90. The number of phenols is 1. The maximum Gasteiger partial charge on any atom is 0.259 e. The Labute approximate surface area is 134 Å². The minimum atomic E-state index is -0.179. The lowest BCUT2D eigenvalue weighted by Crippen LogP contribution is -2.28. The third kappa shape index (κ3) is 2.18. The molecule has 3 aromatic rings. The van der Waals surface area contributed by atoms with E-state index in [-0.39, 0.29) is 17.7 Å². The molecule has 112 valence electrons. The number of amides is 1. The number of phenolic OH excluding ortho intramolecular Hbond substituents is 1. The Morgan fingerprint density at radius 2 is 1.43 bits per heavy atom. The maximum atomic E-state index is 12.9. The van der Waals surface area contributed by atoms with Gasteiger partial charge in [-0.2, -0.15) is 0 Å². The van der Waals surface area contributed by atoms with Crippen LogP contribution in [0.2, 0.25) is 0 Å². The molecule has 0 spiro atoms. The molecule has 0 radical (unpaired) electrons. The van der Waals surface area contributed by atoms with E-state index in [1.54, 1.807) is 12.1 Å². The Morgan fingerprint density at radius 1 is 0.783 bits per heavy atom. The summed E-state index contributed by atoms with van der Waals surface area (Å²) in [5.74, 6) is 0.225. The Hall–Kier alpha value is -3.07. The van der Waals surface area contributed by atoms with Gasteiger partial charge in [-0.3, -0.25) is 9.69 Å². The number of rotatable bonds is 2. The SMILES string of the molecule is O=C1c2ccccc2C(c2ccc(O)cc2)N1c1ccccc1. The highest BCUT2D eigenvalue weighted by Crippen LogP contribution is 2.41. The lowest BCUT2D eigenvalue weighted by Gasteiger charge is -2.26. The number of hydrogen-bond acceptors (Lipinski definition) is 2. The van der Waals surface area contributed by atoms with Crippen molar-refractivity contribution in [2.75, 3.05) is 4.90 Å². The summed E-state index contributed by atoms with van der Waals surface area (Å²) in [5, 5.41) is 9.55. The van der Waals surface area contributed by atoms with Gasteiger partial charge in [-0.05, 0) is 41.5 Å². The van der Waals surface area contributed by atoms with E-state index in [1.165, 1.54) is 0 Å². The second-order valence-corrected chi connectivity index (χ2v) is 5.59. The monoisotopic (exact) mass is 301 g/mol. The van der Waals surface area contributed by atoms with Crippen molar-refractivity contribution in [3.63, 3.8) is 0 Å². The fraction of sp³-hybridized carbons (Fsp3) is 0.0500. The molecule has 1 aliphatic heterocycles. The number of nitrogens with zero attached hydrogens (tertiary/aromatic N) is 1. The number of benzene rings is 3. The summed E-state index contributed by atoms with van der Waals surface area (Å²) < 4.78 is 0. The summed E-state index contributed by atoms with van der Waals surface area (Å²) in [7, 11) is 0. The van der Waals surface area contributed by atoms with Crippen LogP contribution in [0.15, 0.2) is 78.9 Å². The second kappa shape index (κ2) is 5.29. The molecule has 1 heterocycles. The van der Waals surface area contributed by atoms with Crippen molar-refractivity contribution in [3.8, 4) is 5.75 Å². The van der Waals surface area contributed by atoms with Crippen LogP contribution in [-0.4, -0.2) is 11.0 Å². The van der Waals surface area contributed by atoms with Gasteiger partial charge in [0.25, 0.3) is 5.91 Å². The van der Waals surface area contributed by atoms with Crippen LogP contribution in [0.4, 0.5) is 5.69 Å². The quantitative estimate of drug-likeness (QED) is 0.772. The predicted octanol–water partition coefficient (Wildman–Crippen LogP) is 4.14. The summed E-state index contributed by atoms with van der Waals surface area (Å²) in [6.45, 7) is 0. The second-order valence-electron chi connectivity index (χ2n) is 5.59. The molecule has 0 aliphatic carbocycles. The summed E-state index contributed by atoms with van der Waals surface area (Å²) in [6.07, 6.45) is 0. The Kier molecular flexibility index (Phi) is 3.12. The van der Waals surface area contributed by atoms with Crippen LogP contribution >= 0.6 is 0 Å². The summed E-state index contributed by atoms with van der Waals surface area (Å²) >= 11 is 0. The highest BCUT2D eigenvalue weighted by atomic mass is 16.3. The van der Waals surface area contributed by atoms with Crippen molar-refractivity contribution < 1.29 is 9.90 Å². The smallest absolute Gasteiger partial charge is 0.259 e. The molecular formula is C20H15NO2. The molecule has 0 fully saturated rings. The molecule has 0 aromatic heterocycles. The normalized spacial score (nSPS) is 16.4. The van der Waals surface area contributed by atoms with Gasteiger partial charge in [0, 0.05) is 11.3 Å². The van der Waals surface area contributed by atoms with E-state index in [1.807, 2.05) is 71.6 Å². The number of aromatic hydroxyl groups is 1. The first-order valence-corrected chi connectivity index (χ1v) is 7.52. The third-order valence-corrected chi connectivity index (χ3v) is 4.21. The summed E-state index contributed by atoms with van der Waals surface area (Å²) in [5.41, 5.74) is 3.57. The molecule has 3 nitrogen and oxygen atoms in total. The van der Waals surface area contributed by atoms with Gasteiger partial charge in [0.1, 0.15) is 5.75 Å². The topological polar surface area (TPSA) is 40.5 Å². The Balaban J connectivity index is 1.91. The van der Waals surface area contributed by atoms with Gasteiger partial charge in [0.05, 0.1) is 6.04 Å². The van der Waals surface area contributed by atoms with E-state index >= 15 is 0 Å². The van der Waals surface area contributed by atoms with Gasteiger partial charge < -0.3 is 5.11 Å². The molecule has 1 amide bonds. The maximum absolute atomic E-state index is 12.9. The fourth-order valence-electron chi connectivity index (χ4n) is 3.16. The average molecular weight is 301 g/mol. The van der Waals surface area contributed by atoms with Crippen molar-refractivity contribution in [2.24, 2.45) is 0 Å². The van der Waals surface area contributed by atoms with E-state index in [9.17, 15) is 9.90 Å². The number of carbonyl (C=O) groups is 1. The number of anilines is 1. The van der Waals surface area contributed by atoms with E-state index in [4.69, 9.17) is 0 Å². The molecule has 3 heteroatoms. The highest BCUT2D eigenvalue weighted by molar-refractivity contribution is 6.11. The van der Waals surface area contributed by atoms with Crippen molar-refractivity contribution in [1.29, 1.82) is 0 Å². The molecule has 4 rings (SSSR count). The minimum Gasteiger partial charge on any atom is -0.508 e. The molecule has 3 aromatic carbocycles. The summed E-state index contributed by atoms with van der Waals surface area (Å²) in [4.78, 5) is 14.7. The Morgan fingerprint density at radius 3 is 2.17 bits per heavy atom. The first-order valence-electron chi connectivity index (χ1n) is 7.52. The zero-order valence-corrected chi connectivity index (χ0v) is 12.4. The van der Waals surface area contributed by atoms with Crippen LogP contribution in [0.3, 0.4) is 0 Å². The van der Waals surface area contributed by atoms with Gasteiger partial charge in [-0.25, -0.2) is 0 Å². The molecular weight excluding hydrogens is 286 g/mol. The number of para-hydroxylation sites is 1. The van der Waals surface area contributed by atoms with Crippen LogP contribution in [0.1, 0.15) is 27.5 Å². The molecule has 1 N–H and O–H groups in total. The molecule has 23 heavy (non-hydrogen) atoms. The van der Waals surface area contributed by atoms with Crippen molar-refractivity contribution in [2.45, 2.75) is 6.04 Å². The van der Waals surface area contributed by atoms with Crippen LogP contribution in [0, 0.1) is 0 Å². The summed E-state index contributed by atoms with van der Waals surface area (Å²) in [6, 6.07) is 24.3. The van der Waals surface area contributed by atoms with Crippen molar-refractivity contribution in [1.82, 2.24) is 0 Å². The van der Waals surface area contributed by atoms with Crippen molar-refractivity contribution in [3.05, 3.63) is 95.6 Å². The molecule has 1 unspecified atom stereocenters. The first kappa shape index (κ1) is 13.6. The van der Waals surface area contributed by atoms with Crippen LogP contribution < -0.4 is 4.90 Å². The van der Waals surface area contributed by atoms with Crippen LogP contribution in [0.25, 0.3) is 0 Å². The zero-order chi connectivity index (χ0) is 15.8. The third-order valence-electron chi connectivity index (χ3n) is 4.21. The van der Waals surface area contributed by atoms with Crippen LogP contribution in [-0.2, 0) is 0 Å². The van der Waals surface area contributed by atoms with Gasteiger partial charge in [0.2, 0.25) is 0 Å². The largest absolute Gasteiger partial charge is 0.508 e. The van der Waals surface area contributed by atoms with Crippen LogP contribution in [0.5, 0.6) is 5.75 Å². The molecule has 0 bridgehead atoms. The van der Waals surface area contributed by atoms with Gasteiger partial charge in [-0.1, -0.05) is 48.5 Å². The molecule has 1 atom stereocenters. The molecule has 0 saturated carbocycles.